The van der Waals surface area contributed by atoms with Gasteiger partial charge in [-0.05, 0) is 25.5 Å². The maximum absolute atomic E-state index is 12.8. The van der Waals surface area contributed by atoms with Gasteiger partial charge in [-0.2, -0.15) is 0 Å². The van der Waals surface area contributed by atoms with E-state index in [4.69, 9.17) is 16.3 Å². The average molecular weight is 366 g/mol. The van der Waals surface area contributed by atoms with Crippen LogP contribution in [-0.2, 0) is 9.53 Å². The van der Waals surface area contributed by atoms with Gasteiger partial charge in [-0.25, -0.2) is 0 Å². The van der Waals surface area contributed by atoms with Crippen LogP contribution >= 0.6 is 11.6 Å². The van der Waals surface area contributed by atoms with Crippen LogP contribution in [-0.4, -0.2) is 48.2 Å². The van der Waals surface area contributed by atoms with Gasteiger partial charge in [0.25, 0.3) is 5.91 Å². The van der Waals surface area contributed by atoms with Gasteiger partial charge in [-0.3, -0.25) is 9.59 Å². The lowest BCUT2D eigenvalue weighted by Crippen LogP contribution is -2.39. The number of carbonyl (C=O) groups is 2. The smallest absolute Gasteiger partial charge is 0.255 e. The second kappa shape index (κ2) is 9.80. The summed E-state index contributed by atoms with van der Waals surface area (Å²) in [7, 11) is 0. The molecule has 7 nitrogen and oxygen atoms in total. The molecule has 25 heavy (non-hydrogen) atoms. The van der Waals surface area contributed by atoms with Crippen molar-refractivity contribution in [2.75, 3.05) is 31.6 Å². The van der Waals surface area contributed by atoms with Gasteiger partial charge in [0.2, 0.25) is 5.91 Å². The molecule has 134 valence electrons. The number of benzene rings is 1. The molecule has 0 aliphatic rings. The number of aromatic nitrogens is 1. The molecule has 0 spiro atoms. The van der Waals surface area contributed by atoms with E-state index in [9.17, 15) is 9.59 Å². The summed E-state index contributed by atoms with van der Waals surface area (Å²) >= 11 is 6.10. The van der Waals surface area contributed by atoms with Crippen LogP contribution in [0, 0.1) is 0 Å². The molecule has 2 rings (SSSR count). The topological polar surface area (TPSA) is 84.7 Å². The van der Waals surface area contributed by atoms with E-state index in [1.54, 1.807) is 24.3 Å². The molecule has 0 aliphatic heterocycles. The minimum Gasteiger partial charge on any atom is -0.382 e. The fourth-order valence-corrected chi connectivity index (χ4v) is 2.41. The summed E-state index contributed by atoms with van der Waals surface area (Å²) in [6.07, 6.45) is 1.96. The van der Waals surface area contributed by atoms with Gasteiger partial charge in [0.1, 0.15) is 12.8 Å². The Bertz CT molecular complexity index is 691. The summed E-state index contributed by atoms with van der Waals surface area (Å²) in [5, 5.41) is 6.54. The van der Waals surface area contributed by atoms with Gasteiger partial charge < -0.3 is 19.5 Å². The van der Waals surface area contributed by atoms with Crippen LogP contribution in [0.1, 0.15) is 23.7 Å². The van der Waals surface area contributed by atoms with E-state index in [1.165, 1.54) is 17.2 Å². The van der Waals surface area contributed by atoms with Crippen LogP contribution in [0.3, 0.4) is 0 Å². The van der Waals surface area contributed by atoms with Crippen molar-refractivity contribution >= 4 is 29.2 Å². The predicted octanol–water partition coefficient (Wildman–Crippen LogP) is 2.84. The zero-order valence-corrected chi connectivity index (χ0v) is 14.7. The van der Waals surface area contributed by atoms with Crippen molar-refractivity contribution in [2.24, 2.45) is 0 Å². The first-order valence-corrected chi connectivity index (χ1v) is 8.31. The molecule has 2 aromatic rings. The highest BCUT2D eigenvalue weighted by atomic mass is 35.5. The van der Waals surface area contributed by atoms with Crippen LogP contribution in [0.5, 0.6) is 0 Å². The number of hydrogen-bond donors (Lipinski definition) is 1. The molecular formula is C17H20ClN3O4. The Morgan fingerprint density at radius 3 is 2.80 bits per heavy atom. The SMILES string of the molecule is CCOCCCN(CC(=O)Nc1ccon1)C(=O)c1ccccc1Cl. The second-order valence-corrected chi connectivity index (χ2v) is 5.60. The lowest BCUT2D eigenvalue weighted by atomic mass is 10.2. The summed E-state index contributed by atoms with van der Waals surface area (Å²) in [6.45, 7) is 3.26. The van der Waals surface area contributed by atoms with Crippen molar-refractivity contribution in [3.05, 3.63) is 47.2 Å². The number of amides is 2. The first-order chi connectivity index (χ1) is 12.1. The molecule has 1 aromatic carbocycles. The Labute approximate surface area is 150 Å². The molecule has 0 saturated carbocycles. The maximum Gasteiger partial charge on any atom is 0.255 e. The Hall–Kier alpha value is -2.38. The summed E-state index contributed by atoms with van der Waals surface area (Å²) in [5.41, 5.74) is 0.356. The zero-order valence-electron chi connectivity index (χ0n) is 13.9. The molecular weight excluding hydrogens is 346 g/mol. The van der Waals surface area contributed by atoms with Crippen molar-refractivity contribution in [3.63, 3.8) is 0 Å². The molecule has 0 saturated heterocycles. The van der Waals surface area contributed by atoms with Gasteiger partial charge >= 0.3 is 0 Å². The Morgan fingerprint density at radius 2 is 2.12 bits per heavy atom. The second-order valence-electron chi connectivity index (χ2n) is 5.19. The number of hydrogen-bond acceptors (Lipinski definition) is 5. The van der Waals surface area contributed by atoms with Gasteiger partial charge in [0.05, 0.1) is 10.6 Å². The summed E-state index contributed by atoms with van der Waals surface area (Å²) < 4.78 is 9.96. The van der Waals surface area contributed by atoms with E-state index in [-0.39, 0.29) is 18.4 Å². The number of nitrogens with zero attached hydrogens (tertiary/aromatic N) is 2. The third-order valence-electron chi connectivity index (χ3n) is 3.35. The minimum absolute atomic E-state index is 0.122. The molecule has 8 heteroatoms. The summed E-state index contributed by atoms with van der Waals surface area (Å²) in [4.78, 5) is 26.4. The largest absolute Gasteiger partial charge is 0.382 e. The number of ether oxygens (including phenoxy) is 1. The average Bonchev–Trinajstić information content (AvgIpc) is 3.10. The molecule has 0 radical (unpaired) electrons. The van der Waals surface area contributed by atoms with E-state index in [2.05, 4.69) is 15.0 Å². The Balaban J connectivity index is 2.04. The van der Waals surface area contributed by atoms with Crippen molar-refractivity contribution < 1.29 is 18.8 Å². The standard InChI is InChI=1S/C17H20ClN3O4/c1-2-24-10-5-9-21(12-16(22)19-15-8-11-25-20-15)17(23)13-6-3-4-7-14(13)18/h3-4,6-8,11H,2,5,9-10,12H2,1H3,(H,19,20,22). The predicted molar refractivity (Wildman–Crippen MR) is 93.6 cm³/mol. The number of nitrogens with one attached hydrogen (secondary N) is 1. The van der Waals surface area contributed by atoms with E-state index in [1.807, 2.05) is 6.92 Å². The van der Waals surface area contributed by atoms with Gasteiger partial charge in [-0.1, -0.05) is 28.9 Å². The van der Waals surface area contributed by atoms with Crippen LogP contribution in [0.15, 0.2) is 41.1 Å². The lowest BCUT2D eigenvalue weighted by Gasteiger charge is -2.22. The first kappa shape index (κ1) is 19.0. The van der Waals surface area contributed by atoms with Crippen LogP contribution in [0.4, 0.5) is 5.82 Å². The highest BCUT2D eigenvalue weighted by Gasteiger charge is 2.21. The molecule has 0 bridgehead atoms. The van der Waals surface area contributed by atoms with Gasteiger partial charge in [0.15, 0.2) is 5.82 Å². The molecule has 2 amide bonds. The van der Waals surface area contributed by atoms with Crippen molar-refractivity contribution in [1.82, 2.24) is 10.1 Å². The molecule has 0 unspecified atom stereocenters. The minimum atomic E-state index is -0.370. The quantitative estimate of drug-likeness (QED) is 0.691. The Kier molecular flexibility index (Phi) is 7.43. The first-order valence-electron chi connectivity index (χ1n) is 7.93. The number of carbonyl (C=O) groups excluding carboxylic acids is 2. The lowest BCUT2D eigenvalue weighted by molar-refractivity contribution is -0.117. The molecule has 0 fully saturated rings. The molecule has 0 aliphatic carbocycles. The molecule has 1 N–H and O–H groups in total. The molecule has 0 atom stereocenters. The van der Waals surface area contributed by atoms with E-state index in [0.29, 0.717) is 42.6 Å². The van der Waals surface area contributed by atoms with Crippen LogP contribution in [0.25, 0.3) is 0 Å². The van der Waals surface area contributed by atoms with Crippen molar-refractivity contribution in [2.45, 2.75) is 13.3 Å². The van der Waals surface area contributed by atoms with Crippen LogP contribution < -0.4 is 5.32 Å². The number of halogens is 1. The van der Waals surface area contributed by atoms with Crippen molar-refractivity contribution in [1.29, 1.82) is 0 Å². The fraction of sp³-hybridized carbons (Fsp3) is 0.353. The van der Waals surface area contributed by atoms with Crippen molar-refractivity contribution in [3.8, 4) is 0 Å². The van der Waals surface area contributed by atoms with Gasteiger partial charge in [0, 0.05) is 25.8 Å². The number of anilines is 1. The maximum atomic E-state index is 12.8. The fourth-order valence-electron chi connectivity index (χ4n) is 2.19. The highest BCUT2D eigenvalue weighted by molar-refractivity contribution is 6.33. The third-order valence-corrected chi connectivity index (χ3v) is 3.68. The van der Waals surface area contributed by atoms with Crippen LogP contribution in [0.2, 0.25) is 5.02 Å². The zero-order chi connectivity index (χ0) is 18.1. The monoisotopic (exact) mass is 365 g/mol. The summed E-state index contributed by atoms with van der Waals surface area (Å²) in [6, 6.07) is 8.27. The normalized spacial score (nSPS) is 10.5. The summed E-state index contributed by atoms with van der Waals surface area (Å²) in [5.74, 6) is -0.382. The van der Waals surface area contributed by atoms with E-state index in [0.717, 1.165) is 0 Å². The van der Waals surface area contributed by atoms with Gasteiger partial charge in [-0.15, -0.1) is 0 Å². The third kappa shape index (κ3) is 5.88. The van der Waals surface area contributed by atoms with E-state index >= 15 is 0 Å². The highest BCUT2D eigenvalue weighted by Crippen LogP contribution is 2.17. The van der Waals surface area contributed by atoms with E-state index < -0.39 is 0 Å². The number of rotatable bonds is 9. The Morgan fingerprint density at radius 1 is 1.32 bits per heavy atom. The molecule has 1 heterocycles. The molecule has 1 aromatic heterocycles.